The van der Waals surface area contributed by atoms with Crippen LogP contribution in [0.25, 0.3) is 11.4 Å². The molecule has 0 aliphatic carbocycles. The Morgan fingerprint density at radius 1 is 1.06 bits per heavy atom. The van der Waals surface area contributed by atoms with E-state index in [4.69, 9.17) is 4.52 Å². The molecule has 0 radical (unpaired) electrons. The standard InChI is InChI=1S/C30H32N4O2/c1-21-15-16-26(22(2)18-21)28(23-10-5-3-6-11-23)32-30(35)25-14-9-17-34(19-25)20-27-31-29(33-36-27)24-12-7-4-8-13-24/h3-8,10-13,15-16,18,25,28H,9,14,17,19-20H2,1-2H3,(H,32,35). The van der Waals surface area contributed by atoms with Crippen LogP contribution in [-0.2, 0) is 11.3 Å². The summed E-state index contributed by atoms with van der Waals surface area (Å²) in [7, 11) is 0. The smallest absolute Gasteiger partial charge is 0.241 e. The number of hydrogen-bond acceptors (Lipinski definition) is 5. The lowest BCUT2D eigenvalue weighted by molar-refractivity contribution is -0.127. The lowest BCUT2D eigenvalue weighted by Gasteiger charge is -2.32. The summed E-state index contributed by atoms with van der Waals surface area (Å²) in [6, 6.07) is 26.3. The molecule has 2 heterocycles. The van der Waals surface area contributed by atoms with Gasteiger partial charge < -0.3 is 9.84 Å². The summed E-state index contributed by atoms with van der Waals surface area (Å²) < 4.78 is 5.52. The molecule has 184 valence electrons. The van der Waals surface area contributed by atoms with E-state index in [1.165, 1.54) is 11.1 Å². The molecule has 2 atom stereocenters. The molecule has 4 aromatic rings. The maximum Gasteiger partial charge on any atom is 0.241 e. The van der Waals surface area contributed by atoms with Gasteiger partial charge in [0.2, 0.25) is 17.6 Å². The summed E-state index contributed by atoms with van der Waals surface area (Å²) in [5.74, 6) is 1.17. The summed E-state index contributed by atoms with van der Waals surface area (Å²) in [6.07, 6.45) is 1.83. The molecule has 0 bridgehead atoms. The van der Waals surface area contributed by atoms with E-state index in [0.29, 0.717) is 24.8 Å². The number of nitrogens with zero attached hydrogens (tertiary/aromatic N) is 3. The Kier molecular flexibility index (Phi) is 7.23. The molecule has 6 heteroatoms. The van der Waals surface area contributed by atoms with Crippen molar-refractivity contribution in [3.63, 3.8) is 0 Å². The van der Waals surface area contributed by atoms with E-state index in [9.17, 15) is 4.79 Å². The van der Waals surface area contributed by atoms with Gasteiger partial charge in [0.05, 0.1) is 18.5 Å². The predicted octanol–water partition coefficient (Wildman–Crippen LogP) is 5.47. The maximum atomic E-state index is 13.5. The molecule has 3 aromatic carbocycles. The van der Waals surface area contributed by atoms with E-state index in [0.717, 1.165) is 36.1 Å². The lowest BCUT2D eigenvalue weighted by atomic mass is 9.92. The molecule has 1 fully saturated rings. The molecule has 6 nitrogen and oxygen atoms in total. The van der Waals surface area contributed by atoms with Crippen molar-refractivity contribution in [1.82, 2.24) is 20.4 Å². The first-order chi connectivity index (χ1) is 17.6. The highest BCUT2D eigenvalue weighted by atomic mass is 16.5. The monoisotopic (exact) mass is 480 g/mol. The highest BCUT2D eigenvalue weighted by Gasteiger charge is 2.29. The van der Waals surface area contributed by atoms with Crippen LogP contribution in [0.3, 0.4) is 0 Å². The van der Waals surface area contributed by atoms with Crippen LogP contribution < -0.4 is 5.32 Å². The van der Waals surface area contributed by atoms with Crippen LogP contribution in [0.1, 0.15) is 47.0 Å². The van der Waals surface area contributed by atoms with Crippen LogP contribution in [0.15, 0.2) is 83.4 Å². The van der Waals surface area contributed by atoms with Crippen molar-refractivity contribution in [2.75, 3.05) is 13.1 Å². The maximum absolute atomic E-state index is 13.5. The van der Waals surface area contributed by atoms with Crippen LogP contribution in [0.2, 0.25) is 0 Å². The molecule has 5 rings (SSSR count). The fourth-order valence-corrected chi connectivity index (χ4v) is 5.02. The molecule has 2 unspecified atom stereocenters. The van der Waals surface area contributed by atoms with E-state index in [1.807, 2.05) is 48.5 Å². The van der Waals surface area contributed by atoms with Gasteiger partial charge >= 0.3 is 0 Å². The molecule has 1 aromatic heterocycles. The Morgan fingerprint density at radius 2 is 1.81 bits per heavy atom. The van der Waals surface area contributed by atoms with Crippen LogP contribution in [-0.4, -0.2) is 34.0 Å². The number of amides is 1. The van der Waals surface area contributed by atoms with Gasteiger partial charge in [0.15, 0.2) is 0 Å². The van der Waals surface area contributed by atoms with Crippen LogP contribution in [0.5, 0.6) is 0 Å². The number of piperidine rings is 1. The number of aromatic nitrogens is 2. The molecular formula is C30H32N4O2. The van der Waals surface area contributed by atoms with Crippen molar-refractivity contribution in [3.8, 4) is 11.4 Å². The fraction of sp³-hybridized carbons (Fsp3) is 0.300. The van der Waals surface area contributed by atoms with Gasteiger partial charge in [0.25, 0.3) is 0 Å². The SMILES string of the molecule is Cc1ccc(C(NC(=O)C2CCCN(Cc3nc(-c4ccccc4)no3)C2)c2ccccc2)c(C)c1. The number of rotatable bonds is 7. The number of likely N-dealkylation sites (tertiary alicyclic amines) is 1. The Balaban J connectivity index is 1.28. The molecule has 1 amide bonds. The molecular weight excluding hydrogens is 448 g/mol. The third kappa shape index (κ3) is 5.55. The average molecular weight is 481 g/mol. The normalized spacial score (nSPS) is 17.0. The van der Waals surface area contributed by atoms with E-state index < -0.39 is 0 Å². The van der Waals surface area contributed by atoms with E-state index >= 15 is 0 Å². The Morgan fingerprint density at radius 3 is 2.56 bits per heavy atom. The molecule has 0 saturated carbocycles. The third-order valence-electron chi connectivity index (χ3n) is 6.89. The average Bonchev–Trinajstić information content (AvgIpc) is 3.37. The second-order valence-electron chi connectivity index (χ2n) is 9.66. The summed E-state index contributed by atoms with van der Waals surface area (Å²) in [5.41, 5.74) is 5.55. The highest BCUT2D eigenvalue weighted by Crippen LogP contribution is 2.27. The molecule has 1 saturated heterocycles. The molecule has 36 heavy (non-hydrogen) atoms. The zero-order valence-corrected chi connectivity index (χ0v) is 20.9. The number of nitrogens with one attached hydrogen (secondary N) is 1. The minimum absolute atomic E-state index is 0.0871. The molecule has 1 aliphatic rings. The zero-order valence-electron chi connectivity index (χ0n) is 20.9. The minimum atomic E-state index is -0.181. The second-order valence-corrected chi connectivity index (χ2v) is 9.66. The Hall–Kier alpha value is -3.77. The van der Waals surface area contributed by atoms with Crippen LogP contribution in [0, 0.1) is 19.8 Å². The van der Waals surface area contributed by atoms with E-state index in [2.05, 4.69) is 64.5 Å². The van der Waals surface area contributed by atoms with Crippen LogP contribution in [0.4, 0.5) is 0 Å². The number of hydrogen-bond donors (Lipinski definition) is 1. The van der Waals surface area contributed by atoms with Gasteiger partial charge in [0, 0.05) is 12.1 Å². The Bertz CT molecular complexity index is 1300. The molecule has 1 aliphatic heterocycles. The number of benzene rings is 3. The van der Waals surface area contributed by atoms with Gasteiger partial charge in [-0.25, -0.2) is 0 Å². The van der Waals surface area contributed by atoms with Crippen molar-refractivity contribution in [3.05, 3.63) is 107 Å². The van der Waals surface area contributed by atoms with Gasteiger partial charge in [-0.05, 0) is 49.9 Å². The predicted molar refractivity (Wildman–Crippen MR) is 140 cm³/mol. The highest BCUT2D eigenvalue weighted by molar-refractivity contribution is 5.80. The fourth-order valence-electron chi connectivity index (χ4n) is 5.02. The minimum Gasteiger partial charge on any atom is -0.345 e. The summed E-state index contributed by atoms with van der Waals surface area (Å²) >= 11 is 0. The summed E-state index contributed by atoms with van der Waals surface area (Å²) in [6.45, 7) is 6.33. The molecule has 1 N–H and O–H groups in total. The zero-order chi connectivity index (χ0) is 24.9. The van der Waals surface area contributed by atoms with Gasteiger partial charge in [-0.15, -0.1) is 0 Å². The van der Waals surface area contributed by atoms with Crippen molar-refractivity contribution in [2.24, 2.45) is 5.92 Å². The van der Waals surface area contributed by atoms with Gasteiger partial charge in [-0.2, -0.15) is 4.98 Å². The number of carbonyl (C=O) groups excluding carboxylic acids is 1. The molecule has 0 spiro atoms. The van der Waals surface area contributed by atoms with E-state index in [-0.39, 0.29) is 17.9 Å². The topological polar surface area (TPSA) is 71.3 Å². The van der Waals surface area contributed by atoms with Crippen LogP contribution >= 0.6 is 0 Å². The van der Waals surface area contributed by atoms with Gasteiger partial charge in [0.1, 0.15) is 0 Å². The van der Waals surface area contributed by atoms with Crippen molar-refractivity contribution < 1.29 is 9.32 Å². The summed E-state index contributed by atoms with van der Waals surface area (Å²) in [4.78, 5) is 20.3. The first kappa shape index (κ1) is 23.9. The first-order valence-electron chi connectivity index (χ1n) is 12.6. The Labute approximate surface area is 212 Å². The van der Waals surface area contributed by atoms with Crippen molar-refractivity contribution in [2.45, 2.75) is 39.3 Å². The largest absolute Gasteiger partial charge is 0.345 e. The van der Waals surface area contributed by atoms with Gasteiger partial charge in [-0.3, -0.25) is 9.69 Å². The lowest BCUT2D eigenvalue weighted by Crippen LogP contribution is -2.44. The number of carbonyl (C=O) groups is 1. The first-order valence-corrected chi connectivity index (χ1v) is 12.6. The number of aryl methyl sites for hydroxylation is 2. The third-order valence-corrected chi connectivity index (χ3v) is 6.89. The summed E-state index contributed by atoms with van der Waals surface area (Å²) in [5, 5.41) is 7.51. The van der Waals surface area contributed by atoms with E-state index in [1.54, 1.807) is 0 Å². The second kappa shape index (κ2) is 10.9. The van der Waals surface area contributed by atoms with Crippen molar-refractivity contribution in [1.29, 1.82) is 0 Å². The van der Waals surface area contributed by atoms with Crippen molar-refractivity contribution >= 4 is 5.91 Å². The quantitative estimate of drug-likeness (QED) is 0.380. The van der Waals surface area contributed by atoms with Gasteiger partial charge in [-0.1, -0.05) is 89.6 Å².